The first-order valence-electron chi connectivity index (χ1n) is 9.76. The molecule has 2 heterocycles. The molecule has 0 radical (unpaired) electrons. The molecule has 158 valence electrons. The number of aromatic nitrogens is 2. The van der Waals surface area contributed by atoms with Crippen molar-refractivity contribution in [2.45, 2.75) is 18.6 Å². The van der Waals surface area contributed by atoms with Crippen LogP contribution in [-0.4, -0.2) is 29.9 Å². The Hall–Kier alpha value is -2.96. The lowest BCUT2D eigenvalue weighted by atomic mass is 9.95. The summed E-state index contributed by atoms with van der Waals surface area (Å²) in [7, 11) is -3.13. The molecule has 5 nitrogen and oxygen atoms in total. The number of hydrogen-bond donors (Lipinski definition) is 0. The van der Waals surface area contributed by atoms with Gasteiger partial charge in [-0.1, -0.05) is 24.3 Å². The van der Waals surface area contributed by atoms with Gasteiger partial charge in [0.25, 0.3) is 0 Å². The number of benzene rings is 2. The van der Waals surface area contributed by atoms with Gasteiger partial charge in [0.1, 0.15) is 21.7 Å². The largest absolute Gasteiger partial charge is 0.384 e. The zero-order valence-corrected chi connectivity index (χ0v) is 18.7. The van der Waals surface area contributed by atoms with Gasteiger partial charge in [0, 0.05) is 35.2 Å². The summed E-state index contributed by atoms with van der Waals surface area (Å²) in [4.78, 5) is 8.76. The van der Waals surface area contributed by atoms with Gasteiger partial charge in [-0.15, -0.1) is 0 Å². The lowest BCUT2D eigenvalue weighted by Gasteiger charge is -2.14. The standard InChI is InChI=1S/C24H21ClN2O3S/c1-16(31(2,28)29)9-17-10-20-7-4-8-27-24(20)23(11-17)19-6-3-5-18(12-19)21-13-22(30-25)15-26-14-21/h3-8,10-16H,9H2,1-2H3. The van der Waals surface area contributed by atoms with E-state index in [1.165, 1.54) is 6.26 Å². The van der Waals surface area contributed by atoms with E-state index in [0.717, 1.165) is 38.7 Å². The van der Waals surface area contributed by atoms with Crippen molar-refractivity contribution in [3.63, 3.8) is 0 Å². The second-order valence-electron chi connectivity index (χ2n) is 7.63. The first kappa shape index (κ1) is 21.3. The van der Waals surface area contributed by atoms with Crippen molar-refractivity contribution in [1.29, 1.82) is 0 Å². The zero-order chi connectivity index (χ0) is 22.0. The van der Waals surface area contributed by atoms with Gasteiger partial charge in [0.2, 0.25) is 0 Å². The normalized spacial score (nSPS) is 12.6. The van der Waals surface area contributed by atoms with E-state index >= 15 is 0 Å². The highest BCUT2D eigenvalue weighted by Gasteiger charge is 2.17. The van der Waals surface area contributed by atoms with Gasteiger partial charge in [-0.3, -0.25) is 9.97 Å². The van der Waals surface area contributed by atoms with Crippen molar-refractivity contribution in [2.24, 2.45) is 0 Å². The van der Waals surface area contributed by atoms with Gasteiger partial charge in [-0.25, -0.2) is 8.42 Å². The van der Waals surface area contributed by atoms with E-state index in [0.29, 0.717) is 12.2 Å². The van der Waals surface area contributed by atoms with E-state index in [-0.39, 0.29) is 0 Å². The van der Waals surface area contributed by atoms with Gasteiger partial charge in [0.15, 0.2) is 5.75 Å². The molecule has 0 aliphatic rings. The Morgan fingerprint density at radius 2 is 1.81 bits per heavy atom. The van der Waals surface area contributed by atoms with Crippen LogP contribution in [0.25, 0.3) is 33.2 Å². The third kappa shape index (κ3) is 4.70. The van der Waals surface area contributed by atoms with Crippen LogP contribution in [0.3, 0.4) is 0 Å². The number of halogens is 1. The lowest BCUT2D eigenvalue weighted by Crippen LogP contribution is -2.18. The van der Waals surface area contributed by atoms with E-state index in [1.54, 1.807) is 25.5 Å². The molecule has 2 aromatic carbocycles. The zero-order valence-electron chi connectivity index (χ0n) is 17.1. The van der Waals surface area contributed by atoms with Gasteiger partial charge in [0.05, 0.1) is 17.0 Å². The second kappa shape index (κ2) is 8.65. The number of pyridine rings is 2. The maximum absolute atomic E-state index is 12.0. The van der Waals surface area contributed by atoms with E-state index in [2.05, 4.69) is 16.0 Å². The molecule has 0 amide bonds. The minimum absolute atomic E-state index is 0.440. The molecular formula is C24H21ClN2O3S. The fraction of sp³-hybridized carbons (Fsp3) is 0.167. The minimum Gasteiger partial charge on any atom is -0.384 e. The van der Waals surface area contributed by atoms with E-state index in [4.69, 9.17) is 16.2 Å². The van der Waals surface area contributed by atoms with Gasteiger partial charge in [-0.2, -0.15) is 0 Å². The van der Waals surface area contributed by atoms with Crippen LogP contribution in [0.4, 0.5) is 0 Å². The molecule has 0 saturated heterocycles. The molecule has 31 heavy (non-hydrogen) atoms. The quantitative estimate of drug-likeness (QED) is 0.388. The SMILES string of the molecule is CC(Cc1cc(-c2cccc(-c3cncc(OCl)c3)c2)c2ncccc2c1)S(C)(=O)=O. The first-order valence-corrected chi connectivity index (χ1v) is 12.0. The van der Waals surface area contributed by atoms with Crippen LogP contribution < -0.4 is 4.29 Å². The Morgan fingerprint density at radius 1 is 1.00 bits per heavy atom. The molecular weight excluding hydrogens is 432 g/mol. The molecule has 4 rings (SSSR count). The van der Waals surface area contributed by atoms with Crippen molar-refractivity contribution in [2.75, 3.05) is 6.26 Å². The Labute approximate surface area is 186 Å². The van der Waals surface area contributed by atoms with Crippen LogP contribution in [0.1, 0.15) is 12.5 Å². The molecule has 0 aliphatic heterocycles. The van der Waals surface area contributed by atoms with Gasteiger partial charge in [-0.05, 0) is 60.4 Å². The molecule has 7 heteroatoms. The third-order valence-corrected chi connectivity index (χ3v) is 7.13. The fourth-order valence-electron chi connectivity index (χ4n) is 3.56. The molecule has 0 N–H and O–H groups in total. The summed E-state index contributed by atoms with van der Waals surface area (Å²) in [5.74, 6) is 0.466. The summed E-state index contributed by atoms with van der Waals surface area (Å²) in [5.41, 5.74) is 5.59. The topological polar surface area (TPSA) is 69.2 Å². The number of sulfone groups is 1. The summed E-state index contributed by atoms with van der Waals surface area (Å²) >= 11 is 5.48. The van der Waals surface area contributed by atoms with E-state index < -0.39 is 15.1 Å². The van der Waals surface area contributed by atoms with Crippen LogP contribution in [0, 0.1) is 0 Å². The number of fused-ring (bicyclic) bond motifs is 1. The van der Waals surface area contributed by atoms with Crippen LogP contribution in [0.15, 0.2) is 73.2 Å². The summed E-state index contributed by atoms with van der Waals surface area (Å²) in [6.07, 6.45) is 6.77. The average Bonchev–Trinajstić information content (AvgIpc) is 2.78. The fourth-order valence-corrected chi connectivity index (χ4v) is 4.14. The average molecular weight is 453 g/mol. The molecule has 2 aromatic heterocycles. The van der Waals surface area contributed by atoms with Crippen LogP contribution >= 0.6 is 11.9 Å². The summed E-state index contributed by atoms with van der Waals surface area (Å²) in [5, 5.41) is 0.505. The molecule has 1 unspecified atom stereocenters. The Kier molecular flexibility index (Phi) is 5.94. The highest BCUT2D eigenvalue weighted by Crippen LogP contribution is 2.33. The molecule has 1 atom stereocenters. The summed E-state index contributed by atoms with van der Waals surface area (Å²) in [6, 6.07) is 17.8. The molecule has 0 fully saturated rings. The predicted octanol–water partition coefficient (Wildman–Crippen LogP) is 5.47. The monoisotopic (exact) mass is 452 g/mol. The number of rotatable bonds is 6. The van der Waals surface area contributed by atoms with Crippen molar-refractivity contribution in [3.05, 3.63) is 78.8 Å². The van der Waals surface area contributed by atoms with Crippen LogP contribution in [0.5, 0.6) is 5.75 Å². The highest BCUT2D eigenvalue weighted by molar-refractivity contribution is 7.91. The maximum Gasteiger partial charge on any atom is 0.165 e. The third-order valence-electron chi connectivity index (χ3n) is 5.33. The van der Waals surface area contributed by atoms with Crippen LogP contribution in [0.2, 0.25) is 0 Å². The highest BCUT2D eigenvalue weighted by atomic mass is 35.5. The van der Waals surface area contributed by atoms with Crippen molar-refractivity contribution >= 4 is 32.6 Å². The maximum atomic E-state index is 12.0. The van der Waals surface area contributed by atoms with E-state index in [9.17, 15) is 8.42 Å². The molecule has 0 bridgehead atoms. The van der Waals surface area contributed by atoms with Crippen molar-refractivity contribution < 1.29 is 12.7 Å². The smallest absolute Gasteiger partial charge is 0.165 e. The second-order valence-corrected chi connectivity index (χ2v) is 10.2. The Balaban J connectivity index is 1.83. The van der Waals surface area contributed by atoms with E-state index in [1.807, 2.05) is 48.5 Å². The minimum atomic E-state index is -3.13. The lowest BCUT2D eigenvalue weighted by molar-refractivity contribution is 0.588. The Morgan fingerprint density at radius 3 is 2.58 bits per heavy atom. The molecule has 0 saturated carbocycles. The van der Waals surface area contributed by atoms with Crippen molar-refractivity contribution in [3.8, 4) is 28.0 Å². The molecule has 0 aliphatic carbocycles. The Bertz CT molecular complexity index is 1360. The summed E-state index contributed by atoms with van der Waals surface area (Å²) in [6.45, 7) is 1.74. The predicted molar refractivity (Wildman–Crippen MR) is 125 cm³/mol. The van der Waals surface area contributed by atoms with Crippen LogP contribution in [-0.2, 0) is 16.3 Å². The number of hydrogen-bond acceptors (Lipinski definition) is 5. The molecule has 0 spiro atoms. The summed E-state index contributed by atoms with van der Waals surface area (Å²) < 4.78 is 28.7. The van der Waals surface area contributed by atoms with Gasteiger partial charge >= 0.3 is 0 Å². The first-order chi connectivity index (χ1) is 14.8. The number of nitrogens with zero attached hydrogens (tertiary/aromatic N) is 2. The molecule has 4 aromatic rings. The van der Waals surface area contributed by atoms with Crippen molar-refractivity contribution in [1.82, 2.24) is 9.97 Å². The van der Waals surface area contributed by atoms with Gasteiger partial charge < -0.3 is 4.29 Å².